The lowest BCUT2D eigenvalue weighted by molar-refractivity contribution is 0.151. The summed E-state index contributed by atoms with van der Waals surface area (Å²) in [6.45, 7) is 0.772. The van der Waals surface area contributed by atoms with Gasteiger partial charge in [0, 0.05) is 30.0 Å². The number of nitrogens with zero attached hydrogens (tertiary/aromatic N) is 3. The van der Waals surface area contributed by atoms with Crippen molar-refractivity contribution in [2.75, 3.05) is 30.5 Å². The number of hydrogen-bond acceptors (Lipinski definition) is 8. The molecular formula is C30H30ClF2N5O4S. The number of amides is 1. The zero-order chi connectivity index (χ0) is 30.8. The second-order valence-electron chi connectivity index (χ2n) is 9.63. The van der Waals surface area contributed by atoms with E-state index in [0.29, 0.717) is 36.3 Å². The molecule has 0 fully saturated rings. The first-order valence-corrected chi connectivity index (χ1v) is 15.7. The van der Waals surface area contributed by atoms with Crippen LogP contribution in [0, 0.1) is 11.6 Å². The van der Waals surface area contributed by atoms with Crippen molar-refractivity contribution in [1.29, 1.82) is 0 Å². The number of aromatic nitrogens is 2. The van der Waals surface area contributed by atoms with Crippen molar-refractivity contribution in [3.63, 3.8) is 0 Å². The average molecular weight is 630 g/mol. The van der Waals surface area contributed by atoms with Gasteiger partial charge < -0.3 is 20.5 Å². The van der Waals surface area contributed by atoms with Crippen LogP contribution in [0.1, 0.15) is 24.0 Å². The molecule has 43 heavy (non-hydrogen) atoms. The average Bonchev–Trinajstić information content (AvgIpc) is 2.95. The van der Waals surface area contributed by atoms with Crippen LogP contribution in [0.2, 0.25) is 5.15 Å². The summed E-state index contributed by atoms with van der Waals surface area (Å²) in [6.07, 6.45) is 2.72. The predicted octanol–water partition coefficient (Wildman–Crippen LogP) is 6.86. The summed E-state index contributed by atoms with van der Waals surface area (Å²) in [5, 5.41) is 3.34. The maximum absolute atomic E-state index is 14.3. The molecule has 0 aliphatic carbocycles. The molecule has 4 aromatic rings. The predicted molar refractivity (Wildman–Crippen MR) is 163 cm³/mol. The molecule has 1 atom stereocenters. The number of halogens is 3. The Morgan fingerprint density at radius 1 is 1.05 bits per heavy atom. The Morgan fingerprint density at radius 3 is 2.63 bits per heavy atom. The van der Waals surface area contributed by atoms with Gasteiger partial charge in [0.25, 0.3) is 0 Å². The maximum atomic E-state index is 14.3. The Bertz CT molecular complexity index is 1700. The van der Waals surface area contributed by atoms with E-state index in [0.717, 1.165) is 11.8 Å². The van der Waals surface area contributed by atoms with Crippen LogP contribution in [0.15, 0.2) is 77.3 Å². The molecule has 0 saturated heterocycles. The molecule has 9 nitrogen and oxygen atoms in total. The minimum Gasteiger partial charge on any atom is -0.493 e. The van der Waals surface area contributed by atoms with Gasteiger partial charge in [-0.05, 0) is 54.3 Å². The van der Waals surface area contributed by atoms with Gasteiger partial charge in [0.1, 0.15) is 40.8 Å². The number of nitrogens with two attached hydrogens (primary N) is 1. The number of anilines is 2. The van der Waals surface area contributed by atoms with Crippen molar-refractivity contribution < 1.29 is 27.3 Å². The van der Waals surface area contributed by atoms with Gasteiger partial charge in [-0.1, -0.05) is 41.9 Å². The van der Waals surface area contributed by atoms with E-state index in [1.807, 2.05) is 18.2 Å². The third-order valence-corrected chi connectivity index (χ3v) is 7.60. The Balaban J connectivity index is 1.28. The summed E-state index contributed by atoms with van der Waals surface area (Å²) in [4.78, 5) is 20.1. The van der Waals surface area contributed by atoms with Crippen LogP contribution in [0.5, 0.6) is 5.75 Å². The monoisotopic (exact) mass is 629 g/mol. The first-order valence-electron chi connectivity index (χ1n) is 13.2. The number of carbonyl (C=O) groups is 1. The number of nitrogen functional groups attached to an aromatic ring is 1. The molecule has 2 heterocycles. The fourth-order valence-corrected chi connectivity index (χ4v) is 5.54. The third-order valence-electron chi connectivity index (χ3n) is 6.01. The SMILES string of the molecule is CS(=O)(Cc1cc(Cl)nc(NCCCCOc2cc(F)ccc2-c2cc(N)ncc2F)c1)=NC(=O)OCc1ccccc1. The molecule has 4 rings (SSSR count). The van der Waals surface area contributed by atoms with Crippen LogP contribution >= 0.6 is 11.6 Å². The van der Waals surface area contributed by atoms with Crippen molar-refractivity contribution in [3.05, 3.63) is 101 Å². The van der Waals surface area contributed by atoms with Crippen molar-refractivity contribution >= 4 is 39.1 Å². The van der Waals surface area contributed by atoms with E-state index in [1.54, 1.807) is 24.3 Å². The van der Waals surface area contributed by atoms with Gasteiger partial charge in [-0.2, -0.15) is 0 Å². The van der Waals surface area contributed by atoms with E-state index < -0.39 is 27.5 Å². The van der Waals surface area contributed by atoms with Gasteiger partial charge in [0.2, 0.25) is 0 Å². The highest BCUT2D eigenvalue weighted by atomic mass is 35.5. The van der Waals surface area contributed by atoms with Gasteiger partial charge in [-0.25, -0.2) is 27.8 Å². The van der Waals surface area contributed by atoms with Crippen LogP contribution in [-0.4, -0.2) is 39.7 Å². The molecule has 1 unspecified atom stereocenters. The maximum Gasteiger partial charge on any atom is 0.442 e. The number of carbonyl (C=O) groups excluding carboxylic acids is 1. The lowest BCUT2D eigenvalue weighted by atomic mass is 10.0. The van der Waals surface area contributed by atoms with Gasteiger partial charge in [-0.15, -0.1) is 4.36 Å². The highest BCUT2D eigenvalue weighted by Gasteiger charge is 2.14. The number of nitrogens with one attached hydrogen (secondary N) is 1. The second kappa shape index (κ2) is 14.7. The molecule has 0 saturated carbocycles. The zero-order valence-electron chi connectivity index (χ0n) is 23.3. The molecule has 0 bridgehead atoms. The van der Waals surface area contributed by atoms with E-state index in [2.05, 4.69) is 19.6 Å². The number of unbranched alkanes of at least 4 members (excludes halogenated alkanes) is 1. The van der Waals surface area contributed by atoms with Crippen LogP contribution in [0.3, 0.4) is 0 Å². The fourth-order valence-electron chi connectivity index (χ4n) is 4.09. The summed E-state index contributed by atoms with van der Waals surface area (Å²) >= 11 is 6.18. The van der Waals surface area contributed by atoms with Crippen LogP contribution in [0.4, 0.5) is 25.2 Å². The molecule has 0 radical (unpaired) electrons. The van der Waals surface area contributed by atoms with E-state index >= 15 is 0 Å². The van der Waals surface area contributed by atoms with Gasteiger partial charge in [0.05, 0.1) is 28.3 Å². The van der Waals surface area contributed by atoms with Crippen LogP contribution in [-0.2, 0) is 26.8 Å². The summed E-state index contributed by atoms with van der Waals surface area (Å²) < 4.78 is 55.9. The molecule has 3 N–H and O–H groups in total. The van der Waals surface area contributed by atoms with Crippen LogP contribution < -0.4 is 15.8 Å². The van der Waals surface area contributed by atoms with E-state index in [-0.39, 0.29) is 41.3 Å². The van der Waals surface area contributed by atoms with E-state index in [9.17, 15) is 17.8 Å². The molecule has 13 heteroatoms. The molecule has 1 amide bonds. The van der Waals surface area contributed by atoms with Crippen molar-refractivity contribution in [2.45, 2.75) is 25.2 Å². The second-order valence-corrected chi connectivity index (χ2v) is 12.4. The number of rotatable bonds is 12. The summed E-state index contributed by atoms with van der Waals surface area (Å²) in [6, 6.07) is 17.6. The standard InChI is InChI=1S/C30H30ClF2N5O4S/c1-43(40,38-30(39)42-18-20-7-3-2-4-8-20)19-21-13-27(31)37-29(14-21)35-11-5-6-12-41-26-15-22(32)9-10-23(26)24-16-28(34)36-17-25(24)33/h2-4,7-10,13-17H,5-6,11-12,18-19H2,1H3,(H2,34,36)(H,35,37). The Morgan fingerprint density at radius 2 is 1.84 bits per heavy atom. The lowest BCUT2D eigenvalue weighted by Gasteiger charge is -2.13. The minimum atomic E-state index is -2.95. The summed E-state index contributed by atoms with van der Waals surface area (Å²) in [5.41, 5.74) is 7.60. The molecular weight excluding hydrogens is 600 g/mol. The fraction of sp³-hybridized carbons (Fsp3) is 0.233. The van der Waals surface area contributed by atoms with E-state index in [1.165, 1.54) is 30.5 Å². The van der Waals surface area contributed by atoms with E-state index in [4.69, 9.17) is 26.8 Å². The van der Waals surface area contributed by atoms with Gasteiger partial charge in [0.15, 0.2) is 0 Å². The minimum absolute atomic E-state index is 0.0285. The number of benzene rings is 2. The van der Waals surface area contributed by atoms with Gasteiger partial charge >= 0.3 is 6.09 Å². The Kier molecular flexibility index (Phi) is 10.8. The molecule has 0 aliphatic heterocycles. The number of pyridine rings is 2. The van der Waals surface area contributed by atoms with Gasteiger partial charge in [-0.3, -0.25) is 0 Å². The van der Waals surface area contributed by atoms with Crippen molar-refractivity contribution in [3.8, 4) is 16.9 Å². The molecule has 0 aliphatic rings. The first kappa shape index (κ1) is 31.6. The molecule has 2 aromatic heterocycles. The Labute approximate surface area is 253 Å². The van der Waals surface area contributed by atoms with Crippen molar-refractivity contribution in [1.82, 2.24) is 9.97 Å². The van der Waals surface area contributed by atoms with Crippen LogP contribution in [0.25, 0.3) is 11.1 Å². The zero-order valence-corrected chi connectivity index (χ0v) is 24.8. The number of hydrogen-bond donors (Lipinski definition) is 2. The summed E-state index contributed by atoms with van der Waals surface area (Å²) in [7, 11) is -2.95. The normalized spacial score (nSPS) is 12.3. The van der Waals surface area contributed by atoms with Crippen molar-refractivity contribution in [2.24, 2.45) is 4.36 Å². The molecule has 226 valence electrons. The largest absolute Gasteiger partial charge is 0.493 e. The lowest BCUT2D eigenvalue weighted by Crippen LogP contribution is -2.09. The molecule has 0 spiro atoms. The molecule has 2 aromatic carbocycles. The smallest absolute Gasteiger partial charge is 0.442 e. The number of ether oxygens (including phenoxy) is 2. The third kappa shape index (κ3) is 9.90. The topological polar surface area (TPSA) is 129 Å². The highest BCUT2D eigenvalue weighted by Crippen LogP contribution is 2.33. The highest BCUT2D eigenvalue weighted by molar-refractivity contribution is 7.92. The first-order chi connectivity index (χ1) is 20.6. The Hall–Kier alpha value is -4.29. The quantitative estimate of drug-likeness (QED) is 0.128. The summed E-state index contributed by atoms with van der Waals surface area (Å²) in [5.74, 6) is -0.359.